The van der Waals surface area contributed by atoms with Crippen LogP contribution in [-0.4, -0.2) is 5.91 Å². The van der Waals surface area contributed by atoms with Gasteiger partial charge in [-0.2, -0.15) is 0 Å². The molecular formula is C14H13NO. The maximum atomic E-state index is 11.5. The first-order valence-corrected chi connectivity index (χ1v) is 5.51. The number of amides is 1. The summed E-state index contributed by atoms with van der Waals surface area (Å²) in [7, 11) is 0. The van der Waals surface area contributed by atoms with E-state index in [1.807, 2.05) is 19.1 Å². The quantitative estimate of drug-likeness (QED) is 0.701. The molecule has 1 aromatic carbocycles. The topological polar surface area (TPSA) is 29.1 Å². The lowest BCUT2D eigenvalue weighted by molar-refractivity contribution is -0.118. The molecule has 0 radical (unpaired) electrons. The molecule has 0 saturated heterocycles. The standard InChI is InChI=1S/C14H13NO/c1-9-8-13(16)15-14-11(9)7-6-10-4-2-3-5-12(10)14/h2-8,11,14H,1H3,(H,15,16). The van der Waals surface area contributed by atoms with Crippen LogP contribution in [0.3, 0.4) is 0 Å². The molecule has 0 bridgehead atoms. The van der Waals surface area contributed by atoms with Crippen LogP contribution in [0.4, 0.5) is 0 Å². The van der Waals surface area contributed by atoms with E-state index in [1.54, 1.807) is 6.08 Å². The molecular weight excluding hydrogens is 198 g/mol. The Bertz CT molecular complexity index is 513. The molecule has 2 nitrogen and oxygen atoms in total. The van der Waals surface area contributed by atoms with Crippen LogP contribution in [0.25, 0.3) is 6.08 Å². The Labute approximate surface area is 94.7 Å². The fourth-order valence-corrected chi connectivity index (χ4v) is 2.54. The highest BCUT2D eigenvalue weighted by Crippen LogP contribution is 2.37. The van der Waals surface area contributed by atoms with Gasteiger partial charge in [0, 0.05) is 12.0 Å². The molecule has 1 N–H and O–H groups in total. The molecule has 1 aliphatic heterocycles. The molecule has 1 amide bonds. The van der Waals surface area contributed by atoms with Gasteiger partial charge in [-0.1, -0.05) is 42.0 Å². The number of nitrogens with one attached hydrogen (secondary N) is 1. The summed E-state index contributed by atoms with van der Waals surface area (Å²) in [6, 6.07) is 8.34. The van der Waals surface area contributed by atoms with Crippen molar-refractivity contribution in [2.45, 2.75) is 13.0 Å². The predicted molar refractivity (Wildman–Crippen MR) is 63.6 cm³/mol. The van der Waals surface area contributed by atoms with E-state index in [9.17, 15) is 4.79 Å². The molecule has 0 aromatic heterocycles. The lowest BCUT2D eigenvalue weighted by Crippen LogP contribution is -2.37. The van der Waals surface area contributed by atoms with Crippen molar-refractivity contribution in [1.82, 2.24) is 5.32 Å². The van der Waals surface area contributed by atoms with Crippen LogP contribution >= 0.6 is 0 Å². The van der Waals surface area contributed by atoms with Gasteiger partial charge in [0.2, 0.25) is 5.91 Å². The molecule has 0 spiro atoms. The zero-order valence-corrected chi connectivity index (χ0v) is 9.10. The molecule has 16 heavy (non-hydrogen) atoms. The van der Waals surface area contributed by atoms with E-state index in [-0.39, 0.29) is 11.9 Å². The third-order valence-corrected chi connectivity index (χ3v) is 3.36. The first-order chi connectivity index (χ1) is 7.75. The number of benzene rings is 1. The van der Waals surface area contributed by atoms with E-state index in [0.717, 1.165) is 5.57 Å². The number of hydrogen-bond acceptors (Lipinski definition) is 1. The highest BCUT2D eigenvalue weighted by molar-refractivity contribution is 5.90. The molecule has 2 unspecified atom stereocenters. The van der Waals surface area contributed by atoms with Crippen molar-refractivity contribution in [1.29, 1.82) is 0 Å². The highest BCUT2D eigenvalue weighted by Gasteiger charge is 2.31. The number of carbonyl (C=O) groups excluding carboxylic acids is 1. The first kappa shape index (κ1) is 9.40. The van der Waals surface area contributed by atoms with Crippen LogP contribution in [0.5, 0.6) is 0 Å². The second-order valence-electron chi connectivity index (χ2n) is 4.39. The third-order valence-electron chi connectivity index (χ3n) is 3.36. The van der Waals surface area contributed by atoms with Gasteiger partial charge in [0.25, 0.3) is 0 Å². The molecule has 80 valence electrons. The fraction of sp³-hybridized carbons (Fsp3) is 0.214. The Morgan fingerprint density at radius 2 is 2.06 bits per heavy atom. The van der Waals surface area contributed by atoms with Gasteiger partial charge in [0.1, 0.15) is 0 Å². The van der Waals surface area contributed by atoms with Crippen molar-refractivity contribution in [2.75, 3.05) is 0 Å². The summed E-state index contributed by atoms with van der Waals surface area (Å²) in [6.07, 6.45) is 6.02. The van der Waals surface area contributed by atoms with Crippen LogP contribution in [0.2, 0.25) is 0 Å². The Morgan fingerprint density at radius 1 is 1.25 bits per heavy atom. The summed E-state index contributed by atoms with van der Waals surface area (Å²) in [5, 5.41) is 3.04. The molecule has 0 fully saturated rings. The van der Waals surface area contributed by atoms with Gasteiger partial charge in [-0.25, -0.2) is 0 Å². The second kappa shape index (κ2) is 3.34. The molecule has 1 aromatic rings. The van der Waals surface area contributed by atoms with Crippen LogP contribution in [0.1, 0.15) is 24.1 Å². The Balaban J connectivity index is 2.13. The number of rotatable bonds is 0. The van der Waals surface area contributed by atoms with Crippen molar-refractivity contribution in [3.8, 4) is 0 Å². The van der Waals surface area contributed by atoms with Crippen LogP contribution in [-0.2, 0) is 4.79 Å². The monoisotopic (exact) mass is 211 g/mol. The Morgan fingerprint density at radius 3 is 2.94 bits per heavy atom. The lowest BCUT2D eigenvalue weighted by atomic mass is 9.79. The molecule has 1 aliphatic carbocycles. The van der Waals surface area contributed by atoms with Crippen molar-refractivity contribution in [2.24, 2.45) is 5.92 Å². The van der Waals surface area contributed by atoms with Gasteiger partial charge in [-0.05, 0) is 18.1 Å². The van der Waals surface area contributed by atoms with Gasteiger partial charge < -0.3 is 5.32 Å². The maximum Gasteiger partial charge on any atom is 0.244 e. The minimum absolute atomic E-state index is 0.0175. The minimum atomic E-state index is 0.0175. The Kier molecular flexibility index (Phi) is 1.96. The van der Waals surface area contributed by atoms with Crippen molar-refractivity contribution < 1.29 is 4.79 Å². The van der Waals surface area contributed by atoms with E-state index in [2.05, 4.69) is 29.6 Å². The van der Waals surface area contributed by atoms with E-state index in [1.165, 1.54) is 11.1 Å². The average molecular weight is 211 g/mol. The molecule has 0 saturated carbocycles. The summed E-state index contributed by atoms with van der Waals surface area (Å²) < 4.78 is 0. The number of carbonyl (C=O) groups is 1. The number of hydrogen-bond donors (Lipinski definition) is 1. The van der Waals surface area contributed by atoms with Gasteiger partial charge in [-0.3, -0.25) is 4.79 Å². The fourth-order valence-electron chi connectivity index (χ4n) is 2.54. The zero-order chi connectivity index (χ0) is 11.1. The second-order valence-corrected chi connectivity index (χ2v) is 4.39. The largest absolute Gasteiger partial charge is 0.345 e. The third kappa shape index (κ3) is 1.30. The minimum Gasteiger partial charge on any atom is -0.345 e. The van der Waals surface area contributed by atoms with Crippen LogP contribution < -0.4 is 5.32 Å². The van der Waals surface area contributed by atoms with Crippen molar-refractivity contribution in [3.63, 3.8) is 0 Å². The SMILES string of the molecule is CC1=CC(=O)NC2c3ccccc3C=CC12. The number of fused-ring (bicyclic) bond motifs is 3. The van der Waals surface area contributed by atoms with E-state index >= 15 is 0 Å². The summed E-state index contributed by atoms with van der Waals surface area (Å²) >= 11 is 0. The van der Waals surface area contributed by atoms with Crippen molar-refractivity contribution >= 4 is 12.0 Å². The van der Waals surface area contributed by atoms with Gasteiger partial charge >= 0.3 is 0 Å². The smallest absolute Gasteiger partial charge is 0.244 e. The summed E-state index contributed by atoms with van der Waals surface area (Å²) in [5.41, 5.74) is 3.56. The lowest BCUT2D eigenvalue weighted by Gasteiger charge is -2.34. The Hall–Kier alpha value is -1.83. The van der Waals surface area contributed by atoms with Gasteiger partial charge in [0.05, 0.1) is 6.04 Å². The average Bonchev–Trinajstić information content (AvgIpc) is 2.28. The molecule has 1 heterocycles. The maximum absolute atomic E-state index is 11.5. The van der Waals surface area contributed by atoms with Crippen LogP contribution in [0, 0.1) is 5.92 Å². The van der Waals surface area contributed by atoms with Gasteiger partial charge in [0.15, 0.2) is 0 Å². The van der Waals surface area contributed by atoms with Crippen LogP contribution in [0.15, 0.2) is 42.0 Å². The first-order valence-electron chi connectivity index (χ1n) is 5.51. The van der Waals surface area contributed by atoms with Crippen molar-refractivity contribution in [3.05, 3.63) is 53.1 Å². The molecule has 2 heteroatoms. The highest BCUT2D eigenvalue weighted by atomic mass is 16.1. The van der Waals surface area contributed by atoms with E-state index in [4.69, 9.17) is 0 Å². The summed E-state index contributed by atoms with van der Waals surface area (Å²) in [5.74, 6) is 0.330. The molecule has 3 rings (SSSR count). The predicted octanol–water partition coefficient (Wildman–Crippen LogP) is 2.45. The normalized spacial score (nSPS) is 26.6. The zero-order valence-electron chi connectivity index (χ0n) is 9.10. The summed E-state index contributed by atoms with van der Waals surface area (Å²) in [4.78, 5) is 11.5. The van der Waals surface area contributed by atoms with Gasteiger partial charge in [-0.15, -0.1) is 0 Å². The van der Waals surface area contributed by atoms with E-state index in [0.29, 0.717) is 5.92 Å². The molecule has 2 aliphatic rings. The summed E-state index contributed by atoms with van der Waals surface area (Å²) in [6.45, 7) is 2.02. The van der Waals surface area contributed by atoms with E-state index < -0.39 is 0 Å². The molecule has 2 atom stereocenters.